The normalized spacial score (nSPS) is 17.3. The van der Waals surface area contributed by atoms with Gasteiger partial charge in [0.25, 0.3) is 0 Å². The summed E-state index contributed by atoms with van der Waals surface area (Å²) in [6.07, 6.45) is 7.38. The summed E-state index contributed by atoms with van der Waals surface area (Å²) in [6.45, 7) is 0.349. The summed E-state index contributed by atoms with van der Waals surface area (Å²) in [5, 5.41) is 6.58. The first-order chi connectivity index (χ1) is 17.1. The van der Waals surface area contributed by atoms with E-state index in [2.05, 4.69) is 25.2 Å². The molecule has 4 heterocycles. The minimum Gasteiger partial charge on any atom is -0.352 e. The highest BCUT2D eigenvalue weighted by Crippen LogP contribution is 2.39. The average Bonchev–Trinajstić information content (AvgIpc) is 3.49. The number of carbonyl (C=O) groups excluding carboxylic acids is 1. The summed E-state index contributed by atoms with van der Waals surface area (Å²) >= 11 is 5.71. The van der Waals surface area contributed by atoms with E-state index in [0.717, 1.165) is 17.1 Å². The third-order valence-electron chi connectivity index (χ3n) is 5.95. The van der Waals surface area contributed by atoms with E-state index in [1.807, 2.05) is 53.6 Å². The number of nitrogens with one attached hydrogen (secondary N) is 2. The number of hydrogen-bond donors (Lipinski definition) is 2. The summed E-state index contributed by atoms with van der Waals surface area (Å²) in [5.41, 5.74) is 2.97. The van der Waals surface area contributed by atoms with Crippen LogP contribution in [0.5, 0.6) is 0 Å². The quantitative estimate of drug-likeness (QED) is 0.377. The van der Waals surface area contributed by atoms with Crippen LogP contribution in [-0.4, -0.2) is 37.0 Å². The van der Waals surface area contributed by atoms with Gasteiger partial charge < -0.3 is 20.1 Å². The molecule has 7 nitrogen and oxygen atoms in total. The number of amides is 1. The third kappa shape index (κ3) is 4.76. The number of anilines is 1. The summed E-state index contributed by atoms with van der Waals surface area (Å²) in [5.74, 6) is -0.759. The molecule has 0 unspecified atom stereocenters. The van der Waals surface area contributed by atoms with Gasteiger partial charge in [-0.2, -0.15) is 0 Å². The van der Waals surface area contributed by atoms with Crippen molar-refractivity contribution in [1.29, 1.82) is 0 Å². The maximum Gasteiger partial charge on any atom is 0.226 e. The molecular weight excluding hydrogens is 463 g/mol. The molecular formula is C26H23FN6OS. The molecule has 176 valence electrons. The molecule has 1 amide bonds. The van der Waals surface area contributed by atoms with E-state index in [4.69, 9.17) is 12.2 Å². The molecule has 9 heteroatoms. The van der Waals surface area contributed by atoms with Crippen molar-refractivity contribution >= 4 is 28.9 Å². The fourth-order valence-electron chi connectivity index (χ4n) is 4.34. The Balaban J connectivity index is 1.44. The van der Waals surface area contributed by atoms with Crippen LogP contribution in [0.15, 0.2) is 91.5 Å². The van der Waals surface area contributed by atoms with Crippen LogP contribution in [-0.2, 0) is 4.79 Å². The summed E-state index contributed by atoms with van der Waals surface area (Å²) in [6, 6.07) is 19.4. The highest BCUT2D eigenvalue weighted by atomic mass is 32.1. The van der Waals surface area contributed by atoms with Crippen molar-refractivity contribution in [2.75, 3.05) is 11.9 Å². The van der Waals surface area contributed by atoms with E-state index < -0.39 is 5.82 Å². The van der Waals surface area contributed by atoms with Crippen molar-refractivity contribution in [3.8, 4) is 5.69 Å². The molecule has 0 radical (unpaired) electrons. The van der Waals surface area contributed by atoms with Gasteiger partial charge in [-0.05, 0) is 60.7 Å². The van der Waals surface area contributed by atoms with Gasteiger partial charge in [0.2, 0.25) is 5.91 Å². The maximum absolute atomic E-state index is 14.0. The fraction of sp³-hybridized carbons (Fsp3) is 0.154. The summed E-state index contributed by atoms with van der Waals surface area (Å²) in [4.78, 5) is 23.4. The van der Waals surface area contributed by atoms with Crippen LogP contribution in [0, 0.1) is 5.82 Å². The second-order valence-corrected chi connectivity index (χ2v) is 8.49. The number of aromatic nitrogens is 3. The van der Waals surface area contributed by atoms with Gasteiger partial charge in [0.15, 0.2) is 5.11 Å². The molecule has 1 saturated heterocycles. The SMILES string of the molecule is O=C(CCN1C(=S)N[C@H](c2ccccn2)[C@H]1c1cccn1-c1ccncc1)Nc1ccccc1F. The van der Waals surface area contributed by atoms with Crippen LogP contribution in [0.3, 0.4) is 0 Å². The lowest BCUT2D eigenvalue weighted by molar-refractivity contribution is -0.116. The van der Waals surface area contributed by atoms with Gasteiger partial charge >= 0.3 is 0 Å². The molecule has 0 saturated carbocycles. The first-order valence-corrected chi connectivity index (χ1v) is 11.6. The van der Waals surface area contributed by atoms with Crippen molar-refractivity contribution in [3.63, 3.8) is 0 Å². The van der Waals surface area contributed by atoms with E-state index in [-0.39, 0.29) is 30.1 Å². The summed E-state index contributed by atoms with van der Waals surface area (Å²) in [7, 11) is 0. The minimum atomic E-state index is -0.470. The van der Waals surface area contributed by atoms with Crippen molar-refractivity contribution in [2.24, 2.45) is 0 Å². The molecule has 0 spiro atoms. The second-order valence-electron chi connectivity index (χ2n) is 8.11. The lowest BCUT2D eigenvalue weighted by atomic mass is 10.0. The van der Waals surface area contributed by atoms with Gasteiger partial charge in [0.1, 0.15) is 5.82 Å². The summed E-state index contributed by atoms with van der Waals surface area (Å²) < 4.78 is 16.1. The molecule has 0 aliphatic carbocycles. The van der Waals surface area contributed by atoms with Crippen LogP contribution in [0.4, 0.5) is 10.1 Å². The number of para-hydroxylation sites is 1. The number of thiocarbonyl (C=S) groups is 1. The molecule has 1 aromatic carbocycles. The average molecular weight is 487 g/mol. The van der Waals surface area contributed by atoms with Crippen LogP contribution >= 0.6 is 12.2 Å². The predicted molar refractivity (Wildman–Crippen MR) is 135 cm³/mol. The zero-order chi connectivity index (χ0) is 24.2. The lowest BCUT2D eigenvalue weighted by Crippen LogP contribution is -2.33. The number of hydrogen-bond acceptors (Lipinski definition) is 4. The number of pyridine rings is 2. The Bertz CT molecular complexity index is 1330. The molecule has 2 N–H and O–H groups in total. The molecule has 1 fully saturated rings. The molecule has 4 aromatic rings. The van der Waals surface area contributed by atoms with Gasteiger partial charge in [-0.25, -0.2) is 4.39 Å². The van der Waals surface area contributed by atoms with E-state index in [1.165, 1.54) is 12.1 Å². The zero-order valence-corrected chi connectivity index (χ0v) is 19.5. The molecule has 3 aromatic heterocycles. The Morgan fingerprint density at radius 3 is 2.60 bits per heavy atom. The zero-order valence-electron chi connectivity index (χ0n) is 18.7. The highest BCUT2D eigenvalue weighted by Gasteiger charge is 2.41. The van der Waals surface area contributed by atoms with Crippen LogP contribution in [0.1, 0.15) is 29.9 Å². The molecule has 1 aliphatic heterocycles. The first kappa shape index (κ1) is 22.7. The molecule has 0 bridgehead atoms. The molecule has 2 atom stereocenters. The van der Waals surface area contributed by atoms with Crippen molar-refractivity contribution in [3.05, 3.63) is 109 Å². The topological polar surface area (TPSA) is 75.1 Å². The van der Waals surface area contributed by atoms with Crippen molar-refractivity contribution in [1.82, 2.24) is 24.8 Å². The molecule has 35 heavy (non-hydrogen) atoms. The lowest BCUT2D eigenvalue weighted by Gasteiger charge is -2.28. The third-order valence-corrected chi connectivity index (χ3v) is 6.30. The monoisotopic (exact) mass is 486 g/mol. The van der Waals surface area contributed by atoms with Crippen LogP contribution in [0.2, 0.25) is 0 Å². The number of halogens is 1. The number of rotatable bonds is 7. The molecule has 5 rings (SSSR count). The van der Waals surface area contributed by atoms with Gasteiger partial charge in [0, 0.05) is 49.1 Å². The second kappa shape index (κ2) is 10.0. The van der Waals surface area contributed by atoms with Crippen molar-refractivity contribution in [2.45, 2.75) is 18.5 Å². The smallest absolute Gasteiger partial charge is 0.226 e. The number of nitrogens with zero attached hydrogens (tertiary/aromatic N) is 4. The van der Waals surface area contributed by atoms with E-state index >= 15 is 0 Å². The van der Waals surface area contributed by atoms with Gasteiger partial charge in [0.05, 0.1) is 23.5 Å². The van der Waals surface area contributed by atoms with Gasteiger partial charge in [-0.1, -0.05) is 18.2 Å². The predicted octanol–water partition coefficient (Wildman–Crippen LogP) is 4.41. The highest BCUT2D eigenvalue weighted by molar-refractivity contribution is 7.80. The Morgan fingerprint density at radius 2 is 1.83 bits per heavy atom. The van der Waals surface area contributed by atoms with E-state index in [9.17, 15) is 9.18 Å². The largest absolute Gasteiger partial charge is 0.352 e. The van der Waals surface area contributed by atoms with E-state index in [1.54, 1.807) is 30.7 Å². The molecule has 1 aliphatic rings. The van der Waals surface area contributed by atoms with Crippen LogP contribution < -0.4 is 10.6 Å². The Labute approximate surface area is 207 Å². The number of benzene rings is 1. The standard InChI is InChI=1S/C26H23FN6OS/c27-19-6-1-2-7-20(19)30-23(34)12-17-33-25(24(31-26(33)35)21-8-3-4-13-29-21)22-9-5-16-32(22)18-10-14-28-15-11-18/h1-11,13-16,24-25H,12,17H2,(H,30,34)(H,31,35)/t24-,25-/m1/s1. The van der Waals surface area contributed by atoms with Gasteiger partial charge in [-0.15, -0.1) is 0 Å². The minimum absolute atomic E-state index is 0.136. The number of carbonyl (C=O) groups is 1. The fourth-order valence-corrected chi connectivity index (χ4v) is 4.67. The van der Waals surface area contributed by atoms with Crippen molar-refractivity contribution < 1.29 is 9.18 Å². The maximum atomic E-state index is 14.0. The Hall–Kier alpha value is -4.11. The first-order valence-electron chi connectivity index (χ1n) is 11.2. The van der Waals surface area contributed by atoms with Gasteiger partial charge in [-0.3, -0.25) is 14.8 Å². The Kier molecular flexibility index (Phi) is 6.49. The Morgan fingerprint density at radius 1 is 1.03 bits per heavy atom. The van der Waals surface area contributed by atoms with Crippen LogP contribution in [0.25, 0.3) is 5.69 Å². The van der Waals surface area contributed by atoms with E-state index in [0.29, 0.717) is 11.7 Å².